The van der Waals surface area contributed by atoms with Crippen LogP contribution in [0.2, 0.25) is 0 Å². The fourth-order valence-electron chi connectivity index (χ4n) is 2.45. The summed E-state index contributed by atoms with van der Waals surface area (Å²) in [5.41, 5.74) is 3.47. The lowest BCUT2D eigenvalue weighted by molar-refractivity contribution is 0.932. The van der Waals surface area contributed by atoms with E-state index in [9.17, 15) is 0 Å². The SMILES string of the molecule is C=C(C(c1ccccc1)c1ccccc1)n1ccnc1. The fourth-order valence-corrected chi connectivity index (χ4v) is 2.45. The normalized spacial score (nSPS) is 10.7. The van der Waals surface area contributed by atoms with Crippen LogP contribution in [0.5, 0.6) is 0 Å². The Bertz CT molecular complexity index is 630. The van der Waals surface area contributed by atoms with Gasteiger partial charge in [0.1, 0.15) is 0 Å². The van der Waals surface area contributed by atoms with Gasteiger partial charge < -0.3 is 4.57 Å². The summed E-state index contributed by atoms with van der Waals surface area (Å²) in [7, 11) is 0. The van der Waals surface area contributed by atoms with Gasteiger partial charge in [-0.3, -0.25) is 0 Å². The summed E-state index contributed by atoms with van der Waals surface area (Å²) < 4.78 is 1.98. The van der Waals surface area contributed by atoms with Crippen molar-refractivity contribution in [3.63, 3.8) is 0 Å². The third-order valence-electron chi connectivity index (χ3n) is 3.44. The molecule has 0 saturated heterocycles. The van der Waals surface area contributed by atoms with Crippen LogP contribution in [-0.2, 0) is 0 Å². The Morgan fingerprint density at radius 1 is 0.900 bits per heavy atom. The number of rotatable bonds is 4. The van der Waals surface area contributed by atoms with Crippen molar-refractivity contribution in [1.82, 2.24) is 9.55 Å². The van der Waals surface area contributed by atoms with Crippen LogP contribution in [0, 0.1) is 0 Å². The highest BCUT2D eigenvalue weighted by molar-refractivity contribution is 5.59. The molecule has 0 radical (unpaired) electrons. The van der Waals surface area contributed by atoms with E-state index in [4.69, 9.17) is 0 Å². The van der Waals surface area contributed by atoms with Gasteiger partial charge in [-0.15, -0.1) is 0 Å². The summed E-state index contributed by atoms with van der Waals surface area (Å²) >= 11 is 0. The summed E-state index contributed by atoms with van der Waals surface area (Å²) in [6.07, 6.45) is 5.50. The maximum absolute atomic E-state index is 4.27. The second-order valence-electron chi connectivity index (χ2n) is 4.72. The van der Waals surface area contributed by atoms with Crippen molar-refractivity contribution in [3.05, 3.63) is 97.1 Å². The summed E-state index contributed by atoms with van der Waals surface area (Å²) in [6, 6.07) is 20.9. The summed E-state index contributed by atoms with van der Waals surface area (Å²) in [6.45, 7) is 4.27. The highest BCUT2D eigenvalue weighted by Gasteiger charge is 2.18. The molecule has 0 unspecified atom stereocenters. The molecule has 3 rings (SSSR count). The average Bonchev–Trinajstić information content (AvgIpc) is 3.04. The van der Waals surface area contributed by atoms with Crippen molar-refractivity contribution in [2.45, 2.75) is 5.92 Å². The van der Waals surface area contributed by atoms with Gasteiger partial charge in [0.15, 0.2) is 0 Å². The molecule has 98 valence electrons. The molecule has 0 atom stereocenters. The molecule has 2 aromatic carbocycles. The molecule has 0 aliphatic rings. The van der Waals surface area contributed by atoms with Crippen molar-refractivity contribution in [2.24, 2.45) is 0 Å². The van der Waals surface area contributed by atoms with Gasteiger partial charge in [0.25, 0.3) is 0 Å². The molecule has 0 saturated carbocycles. The molecule has 2 heteroatoms. The van der Waals surface area contributed by atoms with Gasteiger partial charge in [0, 0.05) is 24.0 Å². The van der Waals surface area contributed by atoms with Crippen molar-refractivity contribution in [2.75, 3.05) is 0 Å². The molecular weight excluding hydrogens is 244 g/mol. The van der Waals surface area contributed by atoms with E-state index in [-0.39, 0.29) is 5.92 Å². The first-order valence-corrected chi connectivity index (χ1v) is 6.63. The molecule has 0 N–H and O–H groups in total. The van der Waals surface area contributed by atoms with E-state index in [1.807, 2.05) is 22.9 Å². The number of benzene rings is 2. The Balaban J connectivity index is 2.07. The van der Waals surface area contributed by atoms with E-state index in [2.05, 4.69) is 60.1 Å². The first-order chi connectivity index (χ1) is 9.86. The topological polar surface area (TPSA) is 17.8 Å². The van der Waals surface area contributed by atoms with E-state index >= 15 is 0 Å². The van der Waals surface area contributed by atoms with Crippen LogP contribution >= 0.6 is 0 Å². The Labute approximate surface area is 119 Å². The monoisotopic (exact) mass is 260 g/mol. The quantitative estimate of drug-likeness (QED) is 0.688. The number of aromatic nitrogens is 2. The molecule has 0 aliphatic carbocycles. The summed E-state index contributed by atoms with van der Waals surface area (Å²) in [5, 5.41) is 0. The number of nitrogens with zero attached hydrogens (tertiary/aromatic N) is 2. The number of imidazole rings is 1. The Morgan fingerprint density at radius 3 is 1.90 bits per heavy atom. The number of hydrogen-bond donors (Lipinski definition) is 0. The van der Waals surface area contributed by atoms with E-state index in [0.29, 0.717) is 0 Å². The zero-order valence-corrected chi connectivity index (χ0v) is 11.2. The lowest BCUT2D eigenvalue weighted by atomic mass is 9.89. The second-order valence-corrected chi connectivity index (χ2v) is 4.72. The van der Waals surface area contributed by atoms with E-state index in [1.54, 1.807) is 12.5 Å². The molecule has 0 amide bonds. The van der Waals surface area contributed by atoms with E-state index < -0.39 is 0 Å². The first-order valence-electron chi connectivity index (χ1n) is 6.63. The third-order valence-corrected chi connectivity index (χ3v) is 3.44. The van der Waals surface area contributed by atoms with E-state index in [1.165, 1.54) is 11.1 Å². The van der Waals surface area contributed by atoms with E-state index in [0.717, 1.165) is 5.70 Å². The molecule has 0 spiro atoms. The summed E-state index contributed by atoms with van der Waals surface area (Å²) in [5.74, 6) is 0.131. The molecule has 0 aliphatic heterocycles. The molecule has 1 aromatic heterocycles. The number of allylic oxidation sites excluding steroid dienone is 1. The minimum absolute atomic E-state index is 0.131. The lowest BCUT2D eigenvalue weighted by Crippen LogP contribution is -2.07. The summed E-state index contributed by atoms with van der Waals surface area (Å²) in [4.78, 5) is 4.12. The smallest absolute Gasteiger partial charge is 0.0989 e. The van der Waals surface area contributed by atoms with Crippen LogP contribution < -0.4 is 0 Å². The van der Waals surface area contributed by atoms with Gasteiger partial charge >= 0.3 is 0 Å². The molecule has 3 aromatic rings. The average molecular weight is 260 g/mol. The zero-order chi connectivity index (χ0) is 13.8. The van der Waals surface area contributed by atoms with Crippen LogP contribution in [0.3, 0.4) is 0 Å². The predicted octanol–water partition coefficient (Wildman–Crippen LogP) is 4.19. The van der Waals surface area contributed by atoms with Crippen LogP contribution in [0.4, 0.5) is 0 Å². The molecule has 2 nitrogen and oxygen atoms in total. The van der Waals surface area contributed by atoms with Gasteiger partial charge in [-0.1, -0.05) is 67.2 Å². The van der Waals surface area contributed by atoms with Gasteiger partial charge in [0.05, 0.1) is 6.33 Å². The standard InChI is InChI=1S/C18H16N2/c1-15(20-13-12-19-14-20)18(16-8-4-2-5-9-16)17-10-6-3-7-11-17/h2-14,18H,1H2. The largest absolute Gasteiger partial charge is 0.310 e. The predicted molar refractivity (Wildman–Crippen MR) is 82.3 cm³/mol. The molecule has 20 heavy (non-hydrogen) atoms. The van der Waals surface area contributed by atoms with Gasteiger partial charge in [-0.25, -0.2) is 4.98 Å². The fraction of sp³-hybridized carbons (Fsp3) is 0.0556. The van der Waals surface area contributed by atoms with Gasteiger partial charge in [-0.2, -0.15) is 0 Å². The minimum Gasteiger partial charge on any atom is -0.310 e. The zero-order valence-electron chi connectivity index (χ0n) is 11.2. The third kappa shape index (κ3) is 2.41. The first kappa shape index (κ1) is 12.4. The van der Waals surface area contributed by atoms with Crippen LogP contribution in [0.25, 0.3) is 5.70 Å². The highest BCUT2D eigenvalue weighted by atomic mass is 15.0. The Kier molecular flexibility index (Phi) is 3.46. The molecule has 1 heterocycles. The molecular formula is C18H16N2. The molecule has 0 fully saturated rings. The minimum atomic E-state index is 0.131. The Morgan fingerprint density at radius 2 is 1.45 bits per heavy atom. The van der Waals surface area contributed by atoms with Crippen molar-refractivity contribution in [3.8, 4) is 0 Å². The maximum atomic E-state index is 4.27. The van der Waals surface area contributed by atoms with Crippen LogP contribution in [0.1, 0.15) is 17.0 Å². The van der Waals surface area contributed by atoms with Gasteiger partial charge in [0.2, 0.25) is 0 Å². The van der Waals surface area contributed by atoms with Crippen LogP contribution in [-0.4, -0.2) is 9.55 Å². The van der Waals surface area contributed by atoms with Crippen molar-refractivity contribution < 1.29 is 0 Å². The lowest BCUT2D eigenvalue weighted by Gasteiger charge is -2.21. The Hall–Kier alpha value is -2.61. The van der Waals surface area contributed by atoms with Crippen molar-refractivity contribution in [1.29, 1.82) is 0 Å². The molecule has 0 bridgehead atoms. The second kappa shape index (κ2) is 5.57. The number of hydrogen-bond acceptors (Lipinski definition) is 1. The van der Waals surface area contributed by atoms with Crippen molar-refractivity contribution >= 4 is 5.70 Å². The van der Waals surface area contributed by atoms with Crippen LogP contribution in [0.15, 0.2) is 86.0 Å². The highest BCUT2D eigenvalue weighted by Crippen LogP contribution is 2.33. The van der Waals surface area contributed by atoms with Gasteiger partial charge in [-0.05, 0) is 11.1 Å². The maximum Gasteiger partial charge on any atom is 0.0989 e.